The van der Waals surface area contributed by atoms with Crippen molar-refractivity contribution in [2.45, 2.75) is 38.3 Å². The first-order valence-corrected chi connectivity index (χ1v) is 13.2. The molecule has 0 radical (unpaired) electrons. The van der Waals surface area contributed by atoms with Crippen LogP contribution in [0.4, 0.5) is 5.69 Å². The monoisotopic (exact) mass is 469 g/mol. The Morgan fingerprint density at radius 1 is 1.30 bits per heavy atom. The van der Waals surface area contributed by atoms with Crippen molar-refractivity contribution in [3.8, 4) is 0 Å². The summed E-state index contributed by atoms with van der Waals surface area (Å²) in [6.45, 7) is 8.62. The van der Waals surface area contributed by atoms with Crippen LogP contribution in [0, 0.1) is 12.8 Å². The van der Waals surface area contributed by atoms with Gasteiger partial charge in [-0.1, -0.05) is 0 Å². The topological polar surface area (TPSA) is 81.8 Å². The number of nitrogens with one attached hydrogen (secondary N) is 3. The molecule has 0 bridgehead atoms. The number of nitrogens with zero attached hydrogens (tertiary/aromatic N) is 2. The summed E-state index contributed by atoms with van der Waals surface area (Å²) < 4.78 is 5.50. The number of anilines is 1. The van der Waals surface area contributed by atoms with Gasteiger partial charge in [0, 0.05) is 57.1 Å². The lowest BCUT2D eigenvalue weighted by Crippen LogP contribution is -2.51. The van der Waals surface area contributed by atoms with Crippen LogP contribution in [0.3, 0.4) is 0 Å². The predicted molar refractivity (Wildman–Crippen MR) is 137 cm³/mol. The largest absolute Gasteiger partial charge is 0.383 e. The van der Waals surface area contributed by atoms with E-state index in [-0.39, 0.29) is 6.04 Å². The number of piperazine rings is 1. The maximum absolute atomic E-state index is 11.1. The molecule has 178 valence electrons. The highest BCUT2D eigenvalue weighted by atomic mass is 32.2. The SMILES string of the molecule is Cc1cc(NCC2CCOCC2)c2[nH]c(C3=N[C@@H](CCN4CCNC(C=O)C4)CS3)cc2c1. The molecule has 3 aliphatic heterocycles. The van der Waals surface area contributed by atoms with Gasteiger partial charge in [0.25, 0.3) is 0 Å². The Morgan fingerprint density at radius 2 is 2.18 bits per heavy atom. The average molecular weight is 470 g/mol. The summed E-state index contributed by atoms with van der Waals surface area (Å²) >= 11 is 1.85. The Hall–Kier alpha value is -1.87. The lowest BCUT2D eigenvalue weighted by molar-refractivity contribution is -0.110. The van der Waals surface area contributed by atoms with Crippen molar-refractivity contribution in [2.24, 2.45) is 10.9 Å². The predicted octanol–water partition coefficient (Wildman–Crippen LogP) is 3.04. The van der Waals surface area contributed by atoms with Crippen molar-refractivity contribution in [2.75, 3.05) is 57.0 Å². The Balaban J connectivity index is 1.24. The molecule has 0 saturated carbocycles. The minimum Gasteiger partial charge on any atom is -0.383 e. The zero-order valence-electron chi connectivity index (χ0n) is 19.4. The van der Waals surface area contributed by atoms with Gasteiger partial charge in [0.15, 0.2) is 0 Å². The van der Waals surface area contributed by atoms with Gasteiger partial charge in [0.1, 0.15) is 11.3 Å². The van der Waals surface area contributed by atoms with E-state index in [1.165, 1.54) is 22.2 Å². The molecule has 3 N–H and O–H groups in total. The molecule has 0 spiro atoms. The standard InChI is InChI=1S/C25H35N5O2S/c1-17-10-19-12-23(29-24(19)22(11-17)27-13-18-3-8-32-9-4-18)25-28-20(16-33-25)2-6-30-7-5-26-21(14-30)15-31/h10-12,15,18,20-21,26-27,29H,2-9,13-14,16H2,1H3/t20-,21?/m0/s1. The van der Waals surface area contributed by atoms with Crippen LogP contribution < -0.4 is 10.6 Å². The Morgan fingerprint density at radius 3 is 3.03 bits per heavy atom. The van der Waals surface area contributed by atoms with Crippen molar-refractivity contribution in [1.29, 1.82) is 0 Å². The van der Waals surface area contributed by atoms with Crippen molar-refractivity contribution < 1.29 is 9.53 Å². The molecule has 2 saturated heterocycles. The van der Waals surface area contributed by atoms with Gasteiger partial charge in [-0.15, -0.1) is 11.8 Å². The number of carbonyl (C=O) groups excluding carboxylic acids is 1. The number of ether oxygens (including phenoxy) is 1. The second-order valence-corrected chi connectivity index (χ2v) is 10.6. The van der Waals surface area contributed by atoms with Gasteiger partial charge in [-0.3, -0.25) is 4.99 Å². The Kier molecular flexibility index (Phi) is 7.35. The molecule has 5 rings (SSSR count). The van der Waals surface area contributed by atoms with Crippen LogP contribution in [0.2, 0.25) is 0 Å². The molecule has 4 heterocycles. The first-order chi connectivity index (χ1) is 16.2. The Bertz CT molecular complexity index is 1000. The van der Waals surface area contributed by atoms with Crippen molar-refractivity contribution >= 4 is 39.7 Å². The summed E-state index contributed by atoms with van der Waals surface area (Å²) in [5.41, 5.74) is 4.76. The summed E-state index contributed by atoms with van der Waals surface area (Å²) in [5, 5.41) is 9.32. The molecular weight excluding hydrogens is 434 g/mol. The van der Waals surface area contributed by atoms with E-state index in [4.69, 9.17) is 9.73 Å². The van der Waals surface area contributed by atoms with E-state index >= 15 is 0 Å². The molecule has 2 atom stereocenters. The summed E-state index contributed by atoms with van der Waals surface area (Å²) in [4.78, 5) is 22.2. The average Bonchev–Trinajstić information content (AvgIpc) is 3.49. The number of H-pyrrole nitrogens is 1. The van der Waals surface area contributed by atoms with E-state index in [1.54, 1.807) is 0 Å². The summed E-state index contributed by atoms with van der Waals surface area (Å²) in [7, 11) is 0. The molecule has 1 aromatic carbocycles. The lowest BCUT2D eigenvalue weighted by atomic mass is 10.0. The second kappa shape index (κ2) is 10.6. The molecule has 7 nitrogen and oxygen atoms in total. The normalized spacial score (nSPS) is 24.8. The van der Waals surface area contributed by atoms with Gasteiger partial charge in [0.2, 0.25) is 0 Å². The van der Waals surface area contributed by atoms with Crippen molar-refractivity contribution in [3.63, 3.8) is 0 Å². The highest BCUT2D eigenvalue weighted by molar-refractivity contribution is 8.14. The smallest absolute Gasteiger partial charge is 0.138 e. The van der Waals surface area contributed by atoms with Crippen LogP contribution in [0.25, 0.3) is 10.9 Å². The maximum Gasteiger partial charge on any atom is 0.138 e. The van der Waals surface area contributed by atoms with Gasteiger partial charge in [-0.25, -0.2) is 0 Å². The molecule has 1 aromatic heterocycles. The fourth-order valence-corrected chi connectivity index (χ4v) is 6.11. The van der Waals surface area contributed by atoms with Crippen LogP contribution in [-0.2, 0) is 9.53 Å². The Labute approximate surface area is 200 Å². The van der Waals surface area contributed by atoms with Gasteiger partial charge < -0.3 is 30.0 Å². The van der Waals surface area contributed by atoms with Crippen molar-refractivity contribution in [1.82, 2.24) is 15.2 Å². The van der Waals surface area contributed by atoms with Crippen LogP contribution >= 0.6 is 11.8 Å². The van der Waals surface area contributed by atoms with Gasteiger partial charge in [-0.05, 0) is 55.9 Å². The van der Waals surface area contributed by atoms with E-state index < -0.39 is 0 Å². The van der Waals surface area contributed by atoms with E-state index in [1.807, 2.05) is 11.8 Å². The minimum atomic E-state index is -0.0279. The third kappa shape index (κ3) is 5.62. The number of hydrogen-bond acceptors (Lipinski definition) is 7. The number of aromatic amines is 1. The molecule has 2 fully saturated rings. The second-order valence-electron chi connectivity index (χ2n) is 9.58. The van der Waals surface area contributed by atoms with E-state index in [2.05, 4.69) is 45.6 Å². The molecule has 3 aliphatic rings. The van der Waals surface area contributed by atoms with Crippen molar-refractivity contribution in [3.05, 3.63) is 29.5 Å². The zero-order valence-corrected chi connectivity index (χ0v) is 20.3. The summed E-state index contributed by atoms with van der Waals surface area (Å²) in [5.74, 6) is 1.71. The van der Waals surface area contributed by atoms with E-state index in [0.29, 0.717) is 12.0 Å². The van der Waals surface area contributed by atoms with Gasteiger partial charge in [-0.2, -0.15) is 0 Å². The molecule has 8 heteroatoms. The third-order valence-corrected chi connectivity index (χ3v) is 8.12. The highest BCUT2D eigenvalue weighted by Gasteiger charge is 2.24. The quantitative estimate of drug-likeness (QED) is 0.516. The first-order valence-electron chi connectivity index (χ1n) is 12.2. The number of aromatic nitrogens is 1. The van der Waals surface area contributed by atoms with Crippen LogP contribution in [0.5, 0.6) is 0 Å². The van der Waals surface area contributed by atoms with Crippen LogP contribution in [0.1, 0.15) is 30.5 Å². The number of rotatable bonds is 8. The van der Waals surface area contributed by atoms with Gasteiger partial charge >= 0.3 is 0 Å². The number of benzene rings is 1. The molecular formula is C25H35N5O2S. The highest BCUT2D eigenvalue weighted by Crippen LogP contribution is 2.31. The molecule has 0 amide bonds. The molecule has 0 aliphatic carbocycles. The number of aldehydes is 1. The number of fused-ring (bicyclic) bond motifs is 1. The fraction of sp³-hybridized carbons (Fsp3) is 0.600. The summed E-state index contributed by atoms with van der Waals surface area (Å²) in [6, 6.07) is 7.06. The van der Waals surface area contributed by atoms with Crippen LogP contribution in [-0.4, -0.2) is 85.0 Å². The lowest BCUT2D eigenvalue weighted by Gasteiger charge is -2.31. The first kappa shape index (κ1) is 22.9. The zero-order chi connectivity index (χ0) is 22.6. The molecule has 2 aromatic rings. The minimum absolute atomic E-state index is 0.0279. The fourth-order valence-electron chi connectivity index (χ4n) is 5.03. The maximum atomic E-state index is 11.1. The number of hydrogen-bond donors (Lipinski definition) is 3. The number of aliphatic imine (C=N–C) groups is 1. The summed E-state index contributed by atoms with van der Waals surface area (Å²) in [6.07, 6.45) is 4.34. The number of carbonyl (C=O) groups is 1. The van der Waals surface area contributed by atoms with E-state index in [9.17, 15) is 4.79 Å². The van der Waals surface area contributed by atoms with E-state index in [0.717, 1.165) is 88.0 Å². The number of aryl methyl sites for hydroxylation is 1. The third-order valence-electron chi connectivity index (χ3n) is 6.97. The molecule has 1 unspecified atom stereocenters. The van der Waals surface area contributed by atoms with Crippen LogP contribution in [0.15, 0.2) is 23.2 Å². The molecule has 33 heavy (non-hydrogen) atoms. The van der Waals surface area contributed by atoms with Gasteiger partial charge in [0.05, 0.1) is 29.0 Å². The number of thioether (sulfide) groups is 1.